The second-order valence-corrected chi connectivity index (χ2v) is 33.6. The van der Waals surface area contributed by atoms with Crippen molar-refractivity contribution in [2.75, 3.05) is 103 Å². The van der Waals surface area contributed by atoms with Crippen LogP contribution >= 0.6 is 46.6 Å². The van der Waals surface area contributed by atoms with Crippen LogP contribution in [0.3, 0.4) is 0 Å². The molecule has 8 N–H and O–H groups in total. The van der Waals surface area contributed by atoms with Gasteiger partial charge >= 0.3 is 40.0 Å². The molecule has 0 radical (unpaired) electrons. The zero-order valence-electron chi connectivity index (χ0n) is 68.6. The van der Waals surface area contributed by atoms with Gasteiger partial charge in [0.2, 0.25) is 40.9 Å². The van der Waals surface area contributed by atoms with Crippen LogP contribution in [0.15, 0.2) is 129 Å². The third-order valence-electron chi connectivity index (χ3n) is 17.5. The summed E-state index contributed by atoms with van der Waals surface area (Å²) in [5.74, 6) is -3.70. The minimum absolute atomic E-state index is 0. The van der Waals surface area contributed by atoms with Crippen molar-refractivity contribution in [2.24, 2.45) is 15.3 Å². The molecule has 2 saturated heterocycles. The second kappa shape index (κ2) is 44.3. The number of carbonyl (C=O) groups is 8. The Balaban J connectivity index is 0.000000333. The number of aliphatic carboxylic acids is 1. The van der Waals surface area contributed by atoms with E-state index in [0.717, 1.165) is 52.7 Å². The van der Waals surface area contributed by atoms with Crippen LogP contribution in [0.4, 0.5) is 40.1 Å². The molecule has 0 saturated carbocycles. The average Bonchev–Trinajstić information content (AvgIpc) is 1.18. The van der Waals surface area contributed by atoms with Crippen LogP contribution in [0, 0.1) is 0 Å². The number of aryl methyl sites for hydroxylation is 1. The summed E-state index contributed by atoms with van der Waals surface area (Å²) in [4.78, 5) is 141. The van der Waals surface area contributed by atoms with Gasteiger partial charge in [-0.1, -0.05) is 34.6 Å². The van der Waals surface area contributed by atoms with Gasteiger partial charge in [-0.2, -0.15) is 27.1 Å². The van der Waals surface area contributed by atoms with Crippen LogP contribution in [-0.2, 0) is 95.8 Å². The topological polar surface area (TPSA) is 503 Å². The third-order valence-corrected chi connectivity index (χ3v) is 21.3. The molecule has 664 valence electrons. The number of aliphatic imine (C=N–C) groups is 1. The molecule has 123 heavy (non-hydrogen) atoms. The van der Waals surface area contributed by atoms with Gasteiger partial charge in [-0.3, -0.25) is 43.4 Å². The lowest BCUT2D eigenvalue weighted by atomic mass is 10.0. The van der Waals surface area contributed by atoms with E-state index in [0.29, 0.717) is 77.3 Å². The maximum Gasteiger partial charge on any atom is 0.414 e. The van der Waals surface area contributed by atoms with Crippen molar-refractivity contribution in [2.45, 2.75) is 121 Å². The molecule has 0 bridgehead atoms. The van der Waals surface area contributed by atoms with Crippen LogP contribution in [0.25, 0.3) is 11.2 Å². The largest absolute Gasteiger partial charge is 1.00 e. The van der Waals surface area contributed by atoms with Crippen molar-refractivity contribution in [1.82, 2.24) is 63.8 Å². The minimum atomic E-state index is -4.67. The Bertz CT molecular complexity index is 5220. The number of methoxy groups -OCH3 is 2. The smallest absolute Gasteiger partial charge is 0.414 e. The number of aromatic nitrogens is 8. The molecule has 4 unspecified atom stereocenters. The quantitative estimate of drug-likeness (QED) is 0.00281. The number of nitrogens with one attached hydrogen (secondary N) is 4. The number of oxime groups is 2. The number of halogens is 3. The molecule has 4 atom stereocenters. The number of amides is 6. The number of anilines is 3. The number of nitrogen functional groups attached to an aromatic ring is 1. The van der Waals surface area contributed by atoms with E-state index < -0.39 is 117 Å². The number of esters is 1. The summed E-state index contributed by atoms with van der Waals surface area (Å²) >= 11 is 4.08. The number of benzene rings is 2. The highest BCUT2D eigenvalue weighted by molar-refractivity contribution is 8.00. The Kier molecular flexibility index (Phi) is 35.1. The Labute approximate surface area is 738 Å². The number of carboxylic acids is 1. The molecule has 6 amide bonds. The molecule has 2 aromatic carbocycles. The Morgan fingerprint density at radius 2 is 1.28 bits per heavy atom. The van der Waals surface area contributed by atoms with Gasteiger partial charge in [0.15, 0.2) is 5.13 Å². The van der Waals surface area contributed by atoms with E-state index in [9.17, 15) is 52.2 Å². The number of nitrogens with zero attached hydrogens (tertiary/aromatic N) is 16. The normalized spacial score (nSPS) is 16.4. The maximum atomic E-state index is 14.5. The first-order valence-corrected chi connectivity index (χ1v) is 42.1. The molecule has 0 aliphatic carbocycles. The van der Waals surface area contributed by atoms with Gasteiger partial charge in [0.05, 0.1) is 38.3 Å². The fourth-order valence-electron chi connectivity index (χ4n) is 12.2. The standard InChI is InChI=1S/C51H64FN11O11S2.C23H25FN10O5S2.HI.H2O4S/c1-50(2,3)73-48(67)56-47-55-41(58-76-47)38(57-72-30-52)43(64)54-39-44(65)63-40(46(66)71-28-33-17-21-36(70-11)22-18-33)34(29-75-45(39)63)27-62-24-12-14-37(42(62)53-31-59(7)8)61(26-32-15-19-35(69-10)20-16-32)25-13-23-60(9)49(68)74-51(4,5)6;1-26-5-3-7-33-11-27-18-13(33)4-2-6-32(18)8-12-9-40-21-15(20(36)34(21)16(12)22(37)38)28-19(35)14(30-39-10-24)17-29-23(25)41-31-17;;1-5(2,3)4/h12,14-22,24,31,39,45H,13,23,25-30H2,1-11H3,(H-,54,55,56,58,64,67);2,4,6,11,15,21,26H,3,5,7-10H2,1H3,(H3-,25,28,29,31,35,37,38);1H;(H2,1,2,3,4)/b57-38-;30-14-;;. The van der Waals surface area contributed by atoms with Crippen LogP contribution in [0.2, 0.25) is 0 Å². The van der Waals surface area contributed by atoms with Crippen molar-refractivity contribution in [3.63, 3.8) is 0 Å². The first-order valence-electron chi connectivity index (χ1n) is 37.1. The molecular weight excluding hydrogens is 1830 g/mol. The molecule has 11 rings (SSSR count). The number of fused-ring (bicyclic) bond motifs is 3. The predicted octanol–water partition coefficient (Wildman–Crippen LogP) is 0.890. The number of thioether (sulfide) groups is 2. The number of rotatable bonds is 34. The van der Waals surface area contributed by atoms with Gasteiger partial charge in [0, 0.05) is 93.0 Å². The molecule has 41 nitrogen and oxygen atoms in total. The highest BCUT2D eigenvalue weighted by Gasteiger charge is 2.56. The average molecular weight is 1920 g/mol. The molecule has 2 fully saturated rings. The number of carbonyl (C=O) groups excluding carboxylic acids is 8. The number of pyridine rings is 2. The minimum Gasteiger partial charge on any atom is -1.00 e. The van der Waals surface area contributed by atoms with Crippen molar-refractivity contribution < 1.29 is 136 Å². The number of nitrogens with two attached hydrogens (primary N) is 1. The van der Waals surface area contributed by atoms with E-state index in [1.165, 1.54) is 28.4 Å². The highest BCUT2D eigenvalue weighted by Crippen LogP contribution is 2.43. The van der Waals surface area contributed by atoms with E-state index in [2.05, 4.69) is 69.9 Å². The van der Waals surface area contributed by atoms with E-state index in [1.54, 1.807) is 95.0 Å². The number of carboxylic acid groups (broad SMARTS) is 1. The zero-order chi connectivity index (χ0) is 88.9. The third kappa shape index (κ3) is 27.0. The van der Waals surface area contributed by atoms with Gasteiger partial charge in [-0.05, 0) is 138 Å². The van der Waals surface area contributed by atoms with E-state index in [4.69, 9.17) is 51.9 Å². The SMILES string of the molecule is CNCCCn1cnc2c1ccc[n+]2CC1=C(C(=O)[O-])N2C(=O)C(NC(=O)/C(=N\OCF)c3nsc(N)n3)C2SC1.COc1ccc(COC(=O)C2=C(C[n+]3cccc(N(CCCN(C)C(=O)OC(C)(C)C)Cc4ccc(OC)cc4)c3N=CN(C)C)CSC3C(NC(=O)/C(=N\OCF)c4nsc(NC(=O)OC(C)(C)C)n4)C(=O)N23)cc1.O=S(=O)(O)O.[I-]. The summed E-state index contributed by atoms with van der Waals surface area (Å²) in [5, 5.41) is 28.4. The molecular formula is C74H92F2IN21O20S5. The zero-order valence-corrected chi connectivity index (χ0v) is 74.8. The molecule has 5 aromatic heterocycles. The Morgan fingerprint density at radius 3 is 1.81 bits per heavy atom. The number of ether oxygens (including phenoxy) is 5. The van der Waals surface area contributed by atoms with Gasteiger partial charge < -0.3 is 108 Å². The number of alkyl halides is 2. The van der Waals surface area contributed by atoms with E-state index >= 15 is 0 Å². The van der Waals surface area contributed by atoms with Crippen LogP contribution in [0.5, 0.6) is 11.5 Å². The summed E-state index contributed by atoms with van der Waals surface area (Å²) in [6.45, 7) is 10.8. The first kappa shape index (κ1) is 97.3. The van der Waals surface area contributed by atoms with Crippen molar-refractivity contribution in [3.8, 4) is 11.5 Å². The first-order chi connectivity index (χ1) is 57.9. The fraction of sp³-hybridized carbons (Fsp3) is 0.432. The molecule has 49 heteroatoms. The van der Waals surface area contributed by atoms with Crippen LogP contribution in [0.1, 0.15) is 77.2 Å². The molecule has 0 spiro atoms. The summed E-state index contributed by atoms with van der Waals surface area (Å²) in [6, 6.07) is 20.0. The summed E-state index contributed by atoms with van der Waals surface area (Å²) < 4.78 is 98.7. The number of hydrogen-bond donors (Lipinski definition) is 7. The lowest BCUT2D eigenvalue weighted by molar-refractivity contribution is -0.675. The lowest BCUT2D eigenvalue weighted by Crippen LogP contribution is -3.00. The van der Waals surface area contributed by atoms with Gasteiger partial charge in [-0.25, -0.2) is 32.3 Å². The highest BCUT2D eigenvalue weighted by atomic mass is 127. The van der Waals surface area contributed by atoms with Gasteiger partial charge in [0.1, 0.15) is 82.1 Å². The fourth-order valence-corrected chi connectivity index (χ4v) is 15.9. The van der Waals surface area contributed by atoms with E-state index in [1.807, 2.05) is 110 Å². The lowest BCUT2D eigenvalue weighted by Gasteiger charge is -2.50. The van der Waals surface area contributed by atoms with Crippen molar-refractivity contribution in [1.29, 1.82) is 0 Å². The van der Waals surface area contributed by atoms with Crippen LogP contribution in [-0.4, -0.2) is 252 Å². The molecule has 4 aliphatic rings. The Morgan fingerprint density at radius 1 is 0.740 bits per heavy atom. The van der Waals surface area contributed by atoms with Gasteiger partial charge in [-0.15, -0.1) is 23.5 Å². The summed E-state index contributed by atoms with van der Waals surface area (Å²) in [7, 11) is 5.76. The molecule has 7 aromatic rings. The number of hydrogen-bond acceptors (Lipinski definition) is 33. The number of imidazole rings is 1. The Hall–Kier alpha value is -11.1. The predicted molar refractivity (Wildman–Crippen MR) is 442 cm³/mol. The van der Waals surface area contributed by atoms with E-state index in [-0.39, 0.29) is 88.5 Å². The van der Waals surface area contributed by atoms with Crippen molar-refractivity contribution >= 4 is 155 Å². The molecule has 9 heterocycles. The number of β-lactam (4-membered cyclic amide) rings is 2. The van der Waals surface area contributed by atoms with Crippen molar-refractivity contribution in [3.05, 3.63) is 137 Å². The second-order valence-electron chi connectivity index (χ2n) is 29.0. The summed E-state index contributed by atoms with van der Waals surface area (Å²) in [5.41, 5.74) is 7.72. The monoisotopic (exact) mass is 1920 g/mol. The maximum absolute atomic E-state index is 14.5. The van der Waals surface area contributed by atoms with Crippen LogP contribution < -0.4 is 79.6 Å². The summed E-state index contributed by atoms with van der Waals surface area (Å²) in [6.07, 6.45) is 7.25. The molecule has 4 aliphatic heterocycles. The van der Waals surface area contributed by atoms with Gasteiger partial charge in [0.25, 0.3) is 37.4 Å².